The van der Waals surface area contributed by atoms with Crippen LogP contribution in [0.2, 0.25) is 0 Å². The van der Waals surface area contributed by atoms with Crippen LogP contribution in [-0.4, -0.2) is 18.0 Å². The predicted molar refractivity (Wildman–Crippen MR) is 79.4 cm³/mol. The van der Waals surface area contributed by atoms with E-state index in [-0.39, 0.29) is 5.95 Å². The SMILES string of the molecule is CC(=O)OC1=C(C)[C@@](C)(C(C)OCc2ccccc2)C(=O)O1. The van der Waals surface area contributed by atoms with Gasteiger partial charge in [-0.2, -0.15) is 0 Å². The maximum Gasteiger partial charge on any atom is 0.326 e. The van der Waals surface area contributed by atoms with Crippen molar-refractivity contribution in [1.82, 2.24) is 0 Å². The van der Waals surface area contributed by atoms with E-state index in [9.17, 15) is 9.59 Å². The molecule has 0 aromatic heterocycles. The minimum absolute atomic E-state index is 0.0323. The van der Waals surface area contributed by atoms with Gasteiger partial charge in [-0.05, 0) is 26.3 Å². The van der Waals surface area contributed by atoms with Crippen LogP contribution >= 0.6 is 0 Å². The van der Waals surface area contributed by atoms with Gasteiger partial charge in [0.05, 0.1) is 12.7 Å². The van der Waals surface area contributed by atoms with Crippen molar-refractivity contribution < 1.29 is 23.8 Å². The van der Waals surface area contributed by atoms with Gasteiger partial charge in [0.1, 0.15) is 5.41 Å². The van der Waals surface area contributed by atoms with Crippen LogP contribution in [0.3, 0.4) is 0 Å². The van der Waals surface area contributed by atoms with Gasteiger partial charge >= 0.3 is 11.9 Å². The number of ether oxygens (including phenoxy) is 3. The van der Waals surface area contributed by atoms with Gasteiger partial charge in [-0.1, -0.05) is 30.3 Å². The van der Waals surface area contributed by atoms with E-state index in [1.165, 1.54) is 6.92 Å². The summed E-state index contributed by atoms with van der Waals surface area (Å²) in [5.74, 6) is -1.03. The fourth-order valence-corrected chi connectivity index (χ4v) is 2.29. The number of rotatable bonds is 5. The first-order valence-electron chi connectivity index (χ1n) is 7.13. The van der Waals surface area contributed by atoms with Gasteiger partial charge < -0.3 is 14.2 Å². The van der Waals surface area contributed by atoms with Crippen molar-refractivity contribution in [3.8, 4) is 0 Å². The summed E-state index contributed by atoms with van der Waals surface area (Å²) in [6.07, 6.45) is -0.423. The molecule has 1 aliphatic heterocycles. The van der Waals surface area contributed by atoms with Crippen molar-refractivity contribution in [2.24, 2.45) is 5.41 Å². The molecule has 0 radical (unpaired) electrons. The summed E-state index contributed by atoms with van der Waals surface area (Å²) >= 11 is 0. The predicted octanol–water partition coefficient (Wildman–Crippen LogP) is 2.95. The van der Waals surface area contributed by atoms with Gasteiger partial charge in [0, 0.05) is 12.5 Å². The third kappa shape index (κ3) is 3.04. The molecule has 1 aromatic rings. The highest BCUT2D eigenvalue weighted by Gasteiger charge is 2.51. The Hall–Kier alpha value is -2.14. The molecule has 118 valence electrons. The lowest BCUT2D eigenvalue weighted by Crippen LogP contribution is -2.38. The Morgan fingerprint density at radius 1 is 1.32 bits per heavy atom. The van der Waals surface area contributed by atoms with Crippen molar-refractivity contribution in [3.05, 3.63) is 47.4 Å². The third-order valence-electron chi connectivity index (χ3n) is 4.09. The summed E-state index contributed by atoms with van der Waals surface area (Å²) in [6, 6.07) is 9.70. The Morgan fingerprint density at radius 2 is 1.95 bits per heavy atom. The molecule has 0 amide bonds. The topological polar surface area (TPSA) is 61.8 Å². The molecule has 5 heteroatoms. The molecule has 0 bridgehead atoms. The molecule has 0 saturated carbocycles. The van der Waals surface area contributed by atoms with Gasteiger partial charge in [-0.25, -0.2) is 0 Å². The van der Waals surface area contributed by atoms with Gasteiger partial charge in [-0.15, -0.1) is 0 Å². The Balaban J connectivity index is 2.12. The molecule has 0 spiro atoms. The molecular formula is C17H20O5. The van der Waals surface area contributed by atoms with Crippen LogP contribution in [0.5, 0.6) is 0 Å². The summed E-state index contributed by atoms with van der Waals surface area (Å²) in [5, 5.41) is 0. The van der Waals surface area contributed by atoms with Crippen LogP contribution in [0, 0.1) is 5.41 Å². The van der Waals surface area contributed by atoms with E-state index in [4.69, 9.17) is 14.2 Å². The molecule has 2 rings (SSSR count). The molecule has 0 aliphatic carbocycles. The second kappa shape index (κ2) is 6.32. The van der Waals surface area contributed by atoms with Crippen LogP contribution in [0.1, 0.15) is 33.3 Å². The normalized spacial score (nSPS) is 22.5. The average molecular weight is 304 g/mol. The summed E-state index contributed by atoms with van der Waals surface area (Å²) in [6.45, 7) is 6.91. The van der Waals surface area contributed by atoms with Crippen molar-refractivity contribution in [3.63, 3.8) is 0 Å². The maximum atomic E-state index is 12.2. The molecule has 0 fully saturated rings. The van der Waals surface area contributed by atoms with E-state index in [0.717, 1.165) is 5.56 Å². The number of cyclic esters (lactones) is 1. The fourth-order valence-electron chi connectivity index (χ4n) is 2.29. The Morgan fingerprint density at radius 3 is 2.55 bits per heavy atom. The highest BCUT2D eigenvalue weighted by atomic mass is 16.7. The highest BCUT2D eigenvalue weighted by Crippen LogP contribution is 2.42. The minimum Gasteiger partial charge on any atom is -0.393 e. The van der Waals surface area contributed by atoms with E-state index in [1.54, 1.807) is 13.8 Å². The van der Waals surface area contributed by atoms with E-state index in [1.807, 2.05) is 37.3 Å². The van der Waals surface area contributed by atoms with Crippen molar-refractivity contribution in [1.29, 1.82) is 0 Å². The molecule has 22 heavy (non-hydrogen) atoms. The number of carbonyl (C=O) groups is 2. The van der Waals surface area contributed by atoms with Gasteiger partial charge in [0.25, 0.3) is 5.95 Å². The maximum absolute atomic E-state index is 12.2. The zero-order valence-corrected chi connectivity index (χ0v) is 13.2. The van der Waals surface area contributed by atoms with Crippen LogP contribution in [0.25, 0.3) is 0 Å². The van der Waals surface area contributed by atoms with E-state index >= 15 is 0 Å². The number of benzene rings is 1. The van der Waals surface area contributed by atoms with Gasteiger partial charge in [-0.3, -0.25) is 9.59 Å². The van der Waals surface area contributed by atoms with Crippen molar-refractivity contribution in [2.45, 2.75) is 40.4 Å². The molecule has 2 atom stereocenters. The minimum atomic E-state index is -0.973. The molecule has 5 nitrogen and oxygen atoms in total. The molecule has 1 unspecified atom stereocenters. The average Bonchev–Trinajstić information content (AvgIpc) is 2.70. The quantitative estimate of drug-likeness (QED) is 0.783. The van der Waals surface area contributed by atoms with E-state index in [2.05, 4.69) is 0 Å². The molecule has 0 N–H and O–H groups in total. The molecule has 0 saturated heterocycles. The lowest BCUT2D eigenvalue weighted by atomic mass is 9.79. The summed E-state index contributed by atoms with van der Waals surface area (Å²) in [7, 11) is 0. The van der Waals surface area contributed by atoms with Crippen molar-refractivity contribution in [2.75, 3.05) is 0 Å². The van der Waals surface area contributed by atoms with Crippen LogP contribution in [0.4, 0.5) is 0 Å². The second-order valence-electron chi connectivity index (χ2n) is 5.54. The number of carbonyl (C=O) groups excluding carboxylic acids is 2. The van der Waals surface area contributed by atoms with Gasteiger partial charge in [0.2, 0.25) is 0 Å². The molecule has 1 heterocycles. The number of hydrogen-bond acceptors (Lipinski definition) is 5. The highest BCUT2D eigenvalue weighted by molar-refractivity contribution is 5.85. The Bertz CT molecular complexity index is 605. The Labute approximate surface area is 129 Å². The summed E-state index contributed by atoms with van der Waals surface area (Å²) in [4.78, 5) is 23.3. The first kappa shape index (κ1) is 16.2. The van der Waals surface area contributed by atoms with Crippen LogP contribution in [0.15, 0.2) is 41.9 Å². The van der Waals surface area contributed by atoms with E-state index < -0.39 is 23.5 Å². The summed E-state index contributed by atoms with van der Waals surface area (Å²) in [5.41, 5.74) is 0.610. The fraction of sp³-hybridized carbons (Fsp3) is 0.412. The zero-order chi connectivity index (χ0) is 16.3. The lowest BCUT2D eigenvalue weighted by molar-refractivity contribution is -0.158. The largest absolute Gasteiger partial charge is 0.393 e. The molecule has 1 aromatic carbocycles. The van der Waals surface area contributed by atoms with Crippen molar-refractivity contribution >= 4 is 11.9 Å². The molecule has 1 aliphatic rings. The molecular weight excluding hydrogens is 284 g/mol. The standard InChI is InChI=1S/C17H20O5/c1-11-15(21-13(3)18)22-16(19)17(11,4)12(2)20-10-14-8-6-5-7-9-14/h5-9,12H,10H2,1-4H3/t12?,17-/m0/s1. The smallest absolute Gasteiger partial charge is 0.326 e. The monoisotopic (exact) mass is 304 g/mol. The Kier molecular flexibility index (Phi) is 4.66. The van der Waals surface area contributed by atoms with Gasteiger partial charge in [0.15, 0.2) is 0 Å². The number of hydrogen-bond donors (Lipinski definition) is 0. The zero-order valence-electron chi connectivity index (χ0n) is 13.2. The number of esters is 2. The van der Waals surface area contributed by atoms with E-state index in [0.29, 0.717) is 12.2 Å². The lowest BCUT2D eigenvalue weighted by Gasteiger charge is -2.28. The third-order valence-corrected chi connectivity index (χ3v) is 4.09. The first-order valence-corrected chi connectivity index (χ1v) is 7.13. The van der Waals surface area contributed by atoms with Crippen LogP contribution < -0.4 is 0 Å². The van der Waals surface area contributed by atoms with Crippen LogP contribution in [-0.2, 0) is 30.4 Å². The first-order chi connectivity index (χ1) is 10.4. The summed E-state index contributed by atoms with van der Waals surface area (Å²) < 4.78 is 15.9. The second-order valence-corrected chi connectivity index (χ2v) is 5.54.